The minimum absolute atomic E-state index is 0.0798. The molecule has 0 unspecified atom stereocenters. The van der Waals surface area contributed by atoms with Crippen molar-refractivity contribution in [3.8, 4) is 0 Å². The van der Waals surface area contributed by atoms with Gasteiger partial charge in [-0.3, -0.25) is 4.79 Å². The molecule has 0 radical (unpaired) electrons. The highest BCUT2D eigenvalue weighted by molar-refractivity contribution is 7.89. The molecule has 3 aromatic carbocycles. The molecule has 30 heavy (non-hydrogen) atoms. The highest BCUT2D eigenvalue weighted by Crippen LogP contribution is 2.20. The van der Waals surface area contributed by atoms with Crippen molar-refractivity contribution in [1.29, 1.82) is 0 Å². The molecule has 0 saturated carbocycles. The highest BCUT2D eigenvalue weighted by Gasteiger charge is 2.20. The first-order chi connectivity index (χ1) is 14.2. The first-order valence-corrected chi connectivity index (χ1v) is 10.6. The SMILES string of the molecule is Cc1ccc(NC(=O)c2cc(S(=O)(=O)NCc3ccccc3Cl)ccc2F)cc1F. The molecule has 0 aromatic heterocycles. The van der Waals surface area contributed by atoms with Crippen LogP contribution in [0.25, 0.3) is 0 Å². The van der Waals surface area contributed by atoms with Crippen molar-refractivity contribution in [3.63, 3.8) is 0 Å². The lowest BCUT2D eigenvalue weighted by Crippen LogP contribution is -2.24. The molecule has 0 spiro atoms. The van der Waals surface area contributed by atoms with Gasteiger partial charge in [0.1, 0.15) is 11.6 Å². The van der Waals surface area contributed by atoms with Crippen molar-refractivity contribution < 1.29 is 22.0 Å². The third-order valence-corrected chi connectivity index (χ3v) is 6.10. The maximum absolute atomic E-state index is 14.2. The predicted octanol–water partition coefficient (Wildman–Crippen LogP) is 4.66. The van der Waals surface area contributed by atoms with Crippen LogP contribution in [0.3, 0.4) is 0 Å². The van der Waals surface area contributed by atoms with Gasteiger partial charge in [0.25, 0.3) is 5.91 Å². The topological polar surface area (TPSA) is 75.3 Å². The van der Waals surface area contributed by atoms with Gasteiger partial charge in [0.2, 0.25) is 10.0 Å². The normalized spacial score (nSPS) is 11.3. The Hall–Kier alpha value is -2.81. The van der Waals surface area contributed by atoms with E-state index in [2.05, 4.69) is 10.0 Å². The number of nitrogens with one attached hydrogen (secondary N) is 2. The Labute approximate surface area is 177 Å². The average Bonchev–Trinajstić information content (AvgIpc) is 2.70. The van der Waals surface area contributed by atoms with Gasteiger partial charge < -0.3 is 5.32 Å². The van der Waals surface area contributed by atoms with Gasteiger partial charge in [-0.05, 0) is 54.4 Å². The van der Waals surface area contributed by atoms with Crippen LogP contribution in [0.4, 0.5) is 14.5 Å². The molecule has 156 valence electrons. The molecule has 5 nitrogen and oxygen atoms in total. The van der Waals surface area contributed by atoms with E-state index in [-0.39, 0.29) is 17.1 Å². The van der Waals surface area contributed by atoms with Crippen LogP contribution in [0.2, 0.25) is 5.02 Å². The third kappa shape index (κ3) is 5.02. The van der Waals surface area contributed by atoms with E-state index in [1.807, 2.05) is 0 Å². The molecular weight excluding hydrogens is 434 g/mol. The van der Waals surface area contributed by atoms with Gasteiger partial charge in [-0.1, -0.05) is 35.9 Å². The number of aryl methyl sites for hydroxylation is 1. The van der Waals surface area contributed by atoms with Crippen molar-refractivity contribution in [2.75, 3.05) is 5.32 Å². The summed E-state index contributed by atoms with van der Waals surface area (Å²) in [5.74, 6) is -2.35. The van der Waals surface area contributed by atoms with E-state index in [9.17, 15) is 22.0 Å². The summed E-state index contributed by atoms with van der Waals surface area (Å²) >= 11 is 6.02. The molecule has 0 aliphatic carbocycles. The molecule has 1 amide bonds. The van der Waals surface area contributed by atoms with Gasteiger partial charge in [-0.2, -0.15) is 0 Å². The van der Waals surface area contributed by atoms with Crippen LogP contribution in [0.5, 0.6) is 0 Å². The molecule has 2 N–H and O–H groups in total. The summed E-state index contributed by atoms with van der Waals surface area (Å²) < 4.78 is 55.4. The zero-order valence-corrected chi connectivity index (χ0v) is 17.3. The monoisotopic (exact) mass is 450 g/mol. The Kier molecular flexibility index (Phi) is 6.50. The number of hydrogen-bond donors (Lipinski definition) is 2. The lowest BCUT2D eigenvalue weighted by atomic mass is 10.1. The van der Waals surface area contributed by atoms with Gasteiger partial charge in [0, 0.05) is 17.3 Å². The molecule has 9 heteroatoms. The molecule has 0 aliphatic rings. The molecule has 3 aromatic rings. The van der Waals surface area contributed by atoms with Crippen LogP contribution < -0.4 is 10.0 Å². The number of sulfonamides is 1. The maximum atomic E-state index is 14.2. The van der Waals surface area contributed by atoms with Crippen molar-refractivity contribution in [2.24, 2.45) is 0 Å². The number of anilines is 1. The zero-order valence-electron chi connectivity index (χ0n) is 15.7. The summed E-state index contributed by atoms with van der Waals surface area (Å²) in [7, 11) is -4.05. The van der Waals surface area contributed by atoms with Crippen LogP contribution in [0.15, 0.2) is 65.6 Å². The summed E-state index contributed by atoms with van der Waals surface area (Å²) in [5.41, 5.74) is 0.574. The fourth-order valence-corrected chi connectivity index (χ4v) is 3.85. The first-order valence-electron chi connectivity index (χ1n) is 8.77. The number of halogens is 3. The van der Waals surface area contributed by atoms with Gasteiger partial charge in [-0.25, -0.2) is 21.9 Å². The van der Waals surface area contributed by atoms with E-state index in [0.29, 0.717) is 16.1 Å². The van der Waals surface area contributed by atoms with Crippen LogP contribution in [0.1, 0.15) is 21.5 Å². The molecule has 0 aliphatic heterocycles. The number of hydrogen-bond acceptors (Lipinski definition) is 3. The van der Waals surface area contributed by atoms with Crippen LogP contribution in [-0.2, 0) is 16.6 Å². The van der Waals surface area contributed by atoms with Crippen LogP contribution >= 0.6 is 11.6 Å². The molecule has 0 atom stereocenters. The second kappa shape index (κ2) is 8.91. The van der Waals surface area contributed by atoms with Crippen LogP contribution in [-0.4, -0.2) is 14.3 Å². The Morgan fingerprint density at radius 2 is 1.73 bits per heavy atom. The largest absolute Gasteiger partial charge is 0.322 e. The molecule has 0 heterocycles. The standard InChI is InChI=1S/C21H17ClF2N2O3S/c1-13-6-7-15(10-20(13)24)26-21(27)17-11-16(8-9-19(17)23)30(28,29)25-12-14-4-2-3-5-18(14)22/h2-11,25H,12H2,1H3,(H,26,27). The number of benzene rings is 3. The molecule has 0 fully saturated rings. The second-order valence-electron chi connectivity index (χ2n) is 6.48. The van der Waals surface area contributed by atoms with E-state index in [1.54, 1.807) is 31.2 Å². The van der Waals surface area contributed by atoms with Gasteiger partial charge >= 0.3 is 0 Å². The molecule has 0 bridgehead atoms. The van der Waals surface area contributed by atoms with Crippen molar-refractivity contribution in [1.82, 2.24) is 4.72 Å². The van der Waals surface area contributed by atoms with E-state index in [1.165, 1.54) is 12.1 Å². The predicted molar refractivity (Wildman–Crippen MR) is 111 cm³/mol. The number of amides is 1. The number of carbonyl (C=O) groups excluding carboxylic acids is 1. The van der Waals surface area contributed by atoms with Crippen molar-refractivity contribution in [2.45, 2.75) is 18.4 Å². The van der Waals surface area contributed by atoms with Gasteiger partial charge in [-0.15, -0.1) is 0 Å². The highest BCUT2D eigenvalue weighted by atomic mass is 35.5. The third-order valence-electron chi connectivity index (χ3n) is 4.33. The first kappa shape index (κ1) is 21.9. The minimum Gasteiger partial charge on any atom is -0.322 e. The maximum Gasteiger partial charge on any atom is 0.258 e. The van der Waals surface area contributed by atoms with E-state index < -0.39 is 33.1 Å². The molecule has 0 saturated heterocycles. The average molecular weight is 451 g/mol. The number of rotatable bonds is 6. The zero-order chi connectivity index (χ0) is 21.9. The Bertz CT molecular complexity index is 1220. The van der Waals surface area contributed by atoms with E-state index in [0.717, 1.165) is 24.3 Å². The fourth-order valence-electron chi connectivity index (χ4n) is 2.61. The fraction of sp³-hybridized carbons (Fsp3) is 0.0952. The van der Waals surface area contributed by atoms with Crippen LogP contribution in [0, 0.1) is 18.6 Å². The second-order valence-corrected chi connectivity index (χ2v) is 8.65. The van der Waals surface area contributed by atoms with Gasteiger partial charge in [0.15, 0.2) is 0 Å². The van der Waals surface area contributed by atoms with Crippen molar-refractivity contribution in [3.05, 3.63) is 94.0 Å². The lowest BCUT2D eigenvalue weighted by molar-refractivity contribution is 0.102. The van der Waals surface area contributed by atoms with E-state index >= 15 is 0 Å². The summed E-state index contributed by atoms with van der Waals surface area (Å²) in [5, 5.41) is 2.75. The summed E-state index contributed by atoms with van der Waals surface area (Å²) in [6.07, 6.45) is 0. The minimum atomic E-state index is -4.05. The summed E-state index contributed by atoms with van der Waals surface area (Å²) in [6, 6.07) is 13.6. The lowest BCUT2D eigenvalue weighted by Gasteiger charge is -2.11. The van der Waals surface area contributed by atoms with Crippen molar-refractivity contribution >= 4 is 33.2 Å². The summed E-state index contributed by atoms with van der Waals surface area (Å²) in [4.78, 5) is 12.1. The Balaban J connectivity index is 1.82. The smallest absolute Gasteiger partial charge is 0.258 e. The number of carbonyl (C=O) groups is 1. The van der Waals surface area contributed by atoms with E-state index in [4.69, 9.17) is 11.6 Å². The quantitative estimate of drug-likeness (QED) is 0.573. The Morgan fingerprint density at radius 1 is 1.00 bits per heavy atom. The summed E-state index contributed by atoms with van der Waals surface area (Å²) in [6.45, 7) is 1.48. The Morgan fingerprint density at radius 3 is 2.43 bits per heavy atom. The van der Waals surface area contributed by atoms with Gasteiger partial charge in [0.05, 0.1) is 10.5 Å². The molecular formula is C21H17ClF2N2O3S. The molecule has 3 rings (SSSR count).